The van der Waals surface area contributed by atoms with Crippen molar-refractivity contribution in [1.82, 2.24) is 9.88 Å². The third-order valence-electron chi connectivity index (χ3n) is 5.06. The maximum absolute atomic E-state index is 12.6. The van der Waals surface area contributed by atoms with Gasteiger partial charge >= 0.3 is 0 Å². The lowest BCUT2D eigenvalue weighted by Crippen LogP contribution is -2.45. The minimum atomic E-state index is -0.295. The predicted octanol–water partition coefficient (Wildman–Crippen LogP) is 1.35. The molecule has 0 bridgehead atoms. The number of hydrogen-bond donors (Lipinski definition) is 2. The Morgan fingerprint density at radius 3 is 2.56 bits per heavy atom. The molecule has 0 radical (unpaired) electrons. The molecule has 7 nitrogen and oxygen atoms in total. The molecule has 2 N–H and O–H groups in total. The fourth-order valence-electron chi connectivity index (χ4n) is 3.60. The number of amides is 2. The molecule has 0 aliphatic carbocycles. The highest BCUT2D eigenvalue weighted by Gasteiger charge is 2.32. The van der Waals surface area contributed by atoms with E-state index in [1.165, 1.54) is 6.07 Å². The molecule has 2 saturated heterocycles. The van der Waals surface area contributed by atoms with Gasteiger partial charge in [0.05, 0.1) is 5.69 Å². The van der Waals surface area contributed by atoms with Gasteiger partial charge in [-0.15, -0.1) is 0 Å². The Balaban J connectivity index is 1.57. The number of likely N-dealkylation sites (tertiary alicyclic amines) is 1. The summed E-state index contributed by atoms with van der Waals surface area (Å²) in [5.74, 6) is -0.120. The van der Waals surface area contributed by atoms with E-state index in [9.17, 15) is 14.4 Å². The Kier molecular flexibility index (Phi) is 5.22. The van der Waals surface area contributed by atoms with Crippen molar-refractivity contribution >= 4 is 17.5 Å². The van der Waals surface area contributed by atoms with Crippen LogP contribution >= 0.6 is 0 Å². The quantitative estimate of drug-likeness (QED) is 0.863. The molecule has 136 valence electrons. The number of carbonyl (C=O) groups excluding carboxylic acids is 2. The lowest BCUT2D eigenvalue weighted by atomic mass is 9.95. The van der Waals surface area contributed by atoms with E-state index >= 15 is 0 Å². The lowest BCUT2D eigenvalue weighted by Gasteiger charge is -2.32. The van der Waals surface area contributed by atoms with Crippen LogP contribution in [-0.2, 0) is 14.3 Å². The van der Waals surface area contributed by atoms with Crippen molar-refractivity contribution in [2.24, 2.45) is 5.92 Å². The lowest BCUT2D eigenvalue weighted by molar-refractivity contribution is -0.143. The summed E-state index contributed by atoms with van der Waals surface area (Å²) in [6, 6.07) is 1.48. The summed E-state index contributed by atoms with van der Waals surface area (Å²) < 4.78 is 5.46. The molecule has 3 rings (SSSR count). The van der Waals surface area contributed by atoms with E-state index in [1.807, 2.05) is 4.90 Å². The number of anilines is 1. The zero-order chi connectivity index (χ0) is 18.0. The number of H-pyrrole nitrogens is 1. The Hall–Kier alpha value is -2.15. The molecule has 1 aromatic rings. The summed E-state index contributed by atoms with van der Waals surface area (Å²) in [6.07, 6.45) is 2.73. The zero-order valence-electron chi connectivity index (χ0n) is 14.8. The number of pyridine rings is 1. The molecule has 0 aromatic carbocycles. The van der Waals surface area contributed by atoms with Crippen LogP contribution in [0.15, 0.2) is 10.9 Å². The van der Waals surface area contributed by atoms with Crippen molar-refractivity contribution < 1.29 is 14.3 Å². The molecule has 2 aliphatic rings. The summed E-state index contributed by atoms with van der Waals surface area (Å²) in [5, 5.41) is 2.94. The third kappa shape index (κ3) is 3.92. The van der Waals surface area contributed by atoms with E-state index in [4.69, 9.17) is 4.74 Å². The summed E-state index contributed by atoms with van der Waals surface area (Å²) in [6.45, 7) is 5.40. The molecule has 0 saturated carbocycles. The molecular formula is C18H25N3O4. The van der Waals surface area contributed by atoms with Gasteiger partial charge in [0.2, 0.25) is 11.5 Å². The normalized spacial score (nSPS) is 21.4. The maximum atomic E-state index is 12.6. The van der Waals surface area contributed by atoms with E-state index in [1.54, 1.807) is 13.8 Å². The van der Waals surface area contributed by atoms with Crippen LogP contribution in [0.3, 0.4) is 0 Å². The number of rotatable bonds is 3. The van der Waals surface area contributed by atoms with E-state index in [-0.39, 0.29) is 29.4 Å². The molecule has 0 spiro atoms. The highest BCUT2D eigenvalue weighted by molar-refractivity contribution is 5.94. The fourth-order valence-corrected chi connectivity index (χ4v) is 3.60. The molecule has 2 amide bonds. The molecule has 3 heterocycles. The minimum absolute atomic E-state index is 0.0533. The first-order chi connectivity index (χ1) is 12.0. The second-order valence-electron chi connectivity index (χ2n) is 6.91. The summed E-state index contributed by atoms with van der Waals surface area (Å²) in [7, 11) is 0. The number of nitrogens with zero attached hydrogens (tertiary/aromatic N) is 1. The summed E-state index contributed by atoms with van der Waals surface area (Å²) in [4.78, 5) is 40.9. The van der Waals surface area contributed by atoms with Gasteiger partial charge in [0.15, 0.2) is 0 Å². The first-order valence-electron chi connectivity index (χ1n) is 8.87. The van der Waals surface area contributed by atoms with E-state index in [0.29, 0.717) is 43.9 Å². The highest BCUT2D eigenvalue weighted by atomic mass is 16.5. The minimum Gasteiger partial charge on any atom is -0.368 e. The second-order valence-corrected chi connectivity index (χ2v) is 6.91. The molecule has 1 aromatic heterocycles. The Labute approximate surface area is 146 Å². The molecule has 7 heteroatoms. The van der Waals surface area contributed by atoms with Gasteiger partial charge in [-0.1, -0.05) is 0 Å². The van der Waals surface area contributed by atoms with Gasteiger partial charge in [0.1, 0.15) is 6.10 Å². The van der Waals surface area contributed by atoms with Gasteiger partial charge in [-0.2, -0.15) is 0 Å². The van der Waals surface area contributed by atoms with Crippen LogP contribution in [0.25, 0.3) is 0 Å². The number of aromatic amines is 1. The van der Waals surface area contributed by atoms with Gasteiger partial charge in [0, 0.05) is 37.4 Å². The van der Waals surface area contributed by atoms with Gasteiger partial charge in [-0.3, -0.25) is 14.4 Å². The van der Waals surface area contributed by atoms with Crippen molar-refractivity contribution in [2.75, 3.05) is 25.0 Å². The summed E-state index contributed by atoms with van der Waals surface area (Å²) in [5.41, 5.74) is 1.90. The average molecular weight is 347 g/mol. The first kappa shape index (κ1) is 17.7. The smallest absolute Gasteiger partial charge is 0.251 e. The number of aryl methyl sites for hydroxylation is 2. The molecule has 2 fully saturated rings. The SMILES string of the molecule is Cc1cc(=O)[nH]c(C)c1NC(=O)C1CCN(C(=O)C2CCCO2)CC1. The average Bonchev–Trinajstić information content (AvgIpc) is 3.12. The van der Waals surface area contributed by atoms with E-state index in [2.05, 4.69) is 10.3 Å². The van der Waals surface area contributed by atoms with Crippen molar-refractivity contribution in [3.63, 3.8) is 0 Å². The molecule has 1 atom stereocenters. The zero-order valence-corrected chi connectivity index (χ0v) is 14.8. The number of carbonyl (C=O) groups is 2. The monoisotopic (exact) mass is 347 g/mol. The van der Waals surface area contributed by atoms with Gasteiger partial charge in [-0.25, -0.2) is 0 Å². The topological polar surface area (TPSA) is 91.5 Å². The van der Waals surface area contributed by atoms with Crippen molar-refractivity contribution in [1.29, 1.82) is 0 Å². The van der Waals surface area contributed by atoms with Crippen LogP contribution in [0.2, 0.25) is 0 Å². The van der Waals surface area contributed by atoms with Crippen LogP contribution in [0.4, 0.5) is 5.69 Å². The number of aromatic nitrogens is 1. The van der Waals surface area contributed by atoms with Crippen molar-refractivity contribution in [2.45, 2.75) is 45.6 Å². The van der Waals surface area contributed by atoms with Crippen molar-refractivity contribution in [3.05, 3.63) is 27.7 Å². The second kappa shape index (κ2) is 7.39. The fraction of sp³-hybridized carbons (Fsp3) is 0.611. The molecule has 1 unspecified atom stereocenters. The number of ether oxygens (including phenoxy) is 1. The van der Waals surface area contributed by atoms with Gasteiger partial charge in [0.25, 0.3) is 5.91 Å². The van der Waals surface area contributed by atoms with E-state index in [0.717, 1.165) is 18.4 Å². The van der Waals surface area contributed by atoms with E-state index < -0.39 is 0 Å². The van der Waals surface area contributed by atoms with Crippen LogP contribution < -0.4 is 10.9 Å². The van der Waals surface area contributed by atoms with Crippen LogP contribution in [0.1, 0.15) is 36.9 Å². The van der Waals surface area contributed by atoms with Gasteiger partial charge < -0.3 is 19.9 Å². The Morgan fingerprint density at radius 2 is 1.96 bits per heavy atom. The highest BCUT2D eigenvalue weighted by Crippen LogP contribution is 2.24. The van der Waals surface area contributed by atoms with Gasteiger partial charge in [-0.05, 0) is 45.1 Å². The third-order valence-corrected chi connectivity index (χ3v) is 5.06. The Bertz CT molecular complexity index is 687. The van der Waals surface area contributed by atoms with Crippen molar-refractivity contribution in [3.8, 4) is 0 Å². The Morgan fingerprint density at radius 1 is 1.24 bits per heavy atom. The number of nitrogens with one attached hydrogen (secondary N) is 2. The number of hydrogen-bond acceptors (Lipinski definition) is 4. The maximum Gasteiger partial charge on any atom is 0.251 e. The van der Waals surface area contributed by atoms with Crippen LogP contribution in [-0.4, -0.2) is 47.5 Å². The molecule has 2 aliphatic heterocycles. The molecular weight excluding hydrogens is 322 g/mol. The number of piperidine rings is 1. The van der Waals surface area contributed by atoms with Crippen LogP contribution in [0, 0.1) is 19.8 Å². The largest absolute Gasteiger partial charge is 0.368 e. The summed E-state index contributed by atoms with van der Waals surface area (Å²) >= 11 is 0. The molecule has 25 heavy (non-hydrogen) atoms. The first-order valence-corrected chi connectivity index (χ1v) is 8.87. The predicted molar refractivity (Wildman–Crippen MR) is 93.4 cm³/mol. The van der Waals surface area contributed by atoms with Crippen LogP contribution in [0.5, 0.6) is 0 Å². The standard InChI is InChI=1S/C18H25N3O4/c1-11-10-15(22)19-12(2)16(11)20-17(23)13-5-7-21(8-6-13)18(24)14-4-3-9-25-14/h10,13-14H,3-9H2,1-2H3,(H,19,22)(H,20,23).